The first-order chi connectivity index (χ1) is 7.77. The van der Waals surface area contributed by atoms with Crippen molar-refractivity contribution >= 4 is 17.4 Å². The molecule has 0 aromatic carbocycles. The smallest absolute Gasteiger partial charge is 0.148 e. The van der Waals surface area contributed by atoms with Gasteiger partial charge in [0.1, 0.15) is 17.2 Å². The summed E-state index contributed by atoms with van der Waals surface area (Å²) in [5, 5.41) is 4.00. The van der Waals surface area contributed by atoms with Crippen molar-refractivity contribution in [3.05, 3.63) is 17.5 Å². The Morgan fingerprint density at radius 3 is 2.75 bits per heavy atom. The zero-order chi connectivity index (χ0) is 11.8. The van der Waals surface area contributed by atoms with Crippen LogP contribution in [0.3, 0.4) is 0 Å². The first-order valence-electron chi connectivity index (χ1n) is 6.00. The van der Waals surface area contributed by atoms with E-state index in [1.807, 2.05) is 0 Å². The number of nitrogens with zero attached hydrogens (tertiary/aromatic N) is 2. The van der Waals surface area contributed by atoms with Crippen LogP contribution in [0.2, 0.25) is 5.02 Å². The molecule has 0 aliphatic rings. The molecule has 1 atom stereocenters. The molecule has 4 heteroatoms. The molecule has 1 unspecified atom stereocenters. The van der Waals surface area contributed by atoms with Crippen molar-refractivity contribution in [1.29, 1.82) is 0 Å². The Labute approximate surface area is 103 Å². The van der Waals surface area contributed by atoms with Gasteiger partial charge in [-0.15, -0.1) is 0 Å². The summed E-state index contributed by atoms with van der Waals surface area (Å²) in [4.78, 5) is 8.03. The maximum Gasteiger partial charge on any atom is 0.148 e. The summed E-state index contributed by atoms with van der Waals surface area (Å²) in [6.45, 7) is 4.41. The molecule has 1 rings (SSSR count). The molecule has 1 N–H and O–H groups in total. The Bertz CT molecular complexity index is 304. The van der Waals surface area contributed by atoms with Gasteiger partial charge in [0.05, 0.1) is 6.20 Å². The van der Waals surface area contributed by atoms with Gasteiger partial charge in [0.2, 0.25) is 0 Å². The minimum Gasteiger partial charge on any atom is -0.366 e. The summed E-state index contributed by atoms with van der Waals surface area (Å²) in [6.07, 6.45) is 9.10. The lowest BCUT2D eigenvalue weighted by molar-refractivity contribution is 0.563. The van der Waals surface area contributed by atoms with Crippen LogP contribution in [0.1, 0.15) is 46.0 Å². The van der Waals surface area contributed by atoms with E-state index in [0.717, 1.165) is 12.2 Å². The number of halogens is 1. The van der Waals surface area contributed by atoms with Crippen molar-refractivity contribution in [1.82, 2.24) is 9.97 Å². The van der Waals surface area contributed by atoms with E-state index >= 15 is 0 Å². The Morgan fingerprint density at radius 2 is 2.12 bits per heavy atom. The summed E-state index contributed by atoms with van der Waals surface area (Å²) in [6, 6.07) is 0.470. The quantitative estimate of drug-likeness (QED) is 0.787. The van der Waals surface area contributed by atoms with Gasteiger partial charge in [-0.05, 0) is 12.8 Å². The van der Waals surface area contributed by atoms with Crippen LogP contribution in [-0.2, 0) is 0 Å². The van der Waals surface area contributed by atoms with E-state index in [0.29, 0.717) is 11.1 Å². The van der Waals surface area contributed by atoms with Crippen LogP contribution in [0.4, 0.5) is 5.82 Å². The van der Waals surface area contributed by atoms with Crippen LogP contribution in [0, 0.1) is 0 Å². The molecule has 90 valence electrons. The van der Waals surface area contributed by atoms with Crippen molar-refractivity contribution in [2.75, 3.05) is 5.32 Å². The predicted molar refractivity (Wildman–Crippen MR) is 68.9 cm³/mol. The molecule has 0 radical (unpaired) electrons. The van der Waals surface area contributed by atoms with Crippen molar-refractivity contribution in [3.63, 3.8) is 0 Å². The minimum atomic E-state index is 0.470. The number of anilines is 1. The van der Waals surface area contributed by atoms with E-state index < -0.39 is 0 Å². The zero-order valence-electron chi connectivity index (χ0n) is 10.0. The van der Waals surface area contributed by atoms with E-state index in [4.69, 9.17) is 11.6 Å². The molecule has 1 aromatic rings. The van der Waals surface area contributed by atoms with Gasteiger partial charge in [-0.25, -0.2) is 9.97 Å². The van der Waals surface area contributed by atoms with Crippen molar-refractivity contribution < 1.29 is 0 Å². The second-order valence-corrected chi connectivity index (χ2v) is 4.40. The average molecular weight is 242 g/mol. The number of aromatic nitrogens is 2. The molecule has 1 aromatic heterocycles. The lowest BCUT2D eigenvalue weighted by Gasteiger charge is -2.18. The van der Waals surface area contributed by atoms with Crippen LogP contribution < -0.4 is 5.32 Å². The summed E-state index contributed by atoms with van der Waals surface area (Å²) in [5.41, 5.74) is 0. The SMILES string of the molecule is CCCCC(CCC)Nc1ncncc1Cl. The van der Waals surface area contributed by atoms with Gasteiger partial charge >= 0.3 is 0 Å². The summed E-state index contributed by atoms with van der Waals surface area (Å²) in [7, 11) is 0. The lowest BCUT2D eigenvalue weighted by Crippen LogP contribution is -2.20. The second kappa shape index (κ2) is 7.44. The maximum atomic E-state index is 6.02. The number of rotatable bonds is 7. The number of unbranched alkanes of at least 4 members (excludes halogenated alkanes) is 1. The average Bonchev–Trinajstić information content (AvgIpc) is 2.29. The second-order valence-electron chi connectivity index (χ2n) is 3.99. The number of hydrogen-bond acceptors (Lipinski definition) is 3. The molecule has 0 fully saturated rings. The number of hydrogen-bond donors (Lipinski definition) is 1. The van der Waals surface area contributed by atoms with Crippen LogP contribution >= 0.6 is 11.6 Å². The Kier molecular flexibility index (Phi) is 6.16. The lowest BCUT2D eigenvalue weighted by atomic mass is 10.1. The van der Waals surface area contributed by atoms with E-state index in [9.17, 15) is 0 Å². The third-order valence-electron chi connectivity index (χ3n) is 2.55. The Hall–Kier alpha value is -0.830. The van der Waals surface area contributed by atoms with Crippen LogP contribution in [0.25, 0.3) is 0 Å². The molecular formula is C12H20ClN3. The van der Waals surface area contributed by atoms with Gasteiger partial charge in [0.25, 0.3) is 0 Å². The van der Waals surface area contributed by atoms with Gasteiger partial charge in [-0.3, -0.25) is 0 Å². The van der Waals surface area contributed by atoms with E-state index in [1.165, 1.54) is 32.0 Å². The molecule has 0 saturated carbocycles. The zero-order valence-corrected chi connectivity index (χ0v) is 10.8. The molecule has 0 bridgehead atoms. The largest absolute Gasteiger partial charge is 0.366 e. The van der Waals surface area contributed by atoms with Gasteiger partial charge in [-0.2, -0.15) is 0 Å². The molecule has 0 aliphatic carbocycles. The van der Waals surface area contributed by atoms with Gasteiger partial charge in [-0.1, -0.05) is 44.7 Å². The summed E-state index contributed by atoms with van der Waals surface area (Å²) >= 11 is 6.02. The Morgan fingerprint density at radius 1 is 1.31 bits per heavy atom. The van der Waals surface area contributed by atoms with Gasteiger partial charge in [0.15, 0.2) is 0 Å². The van der Waals surface area contributed by atoms with E-state index in [-0.39, 0.29) is 0 Å². The predicted octanol–water partition coefficient (Wildman–Crippen LogP) is 3.90. The fourth-order valence-corrected chi connectivity index (χ4v) is 1.86. The standard InChI is InChI=1S/C12H20ClN3/c1-3-5-7-10(6-4-2)16-12-11(13)8-14-9-15-12/h8-10H,3-7H2,1-2H3,(H,14,15,16). The molecule has 1 heterocycles. The third kappa shape index (κ3) is 4.35. The fraction of sp³-hybridized carbons (Fsp3) is 0.667. The van der Waals surface area contributed by atoms with Crippen LogP contribution in [0.5, 0.6) is 0 Å². The van der Waals surface area contributed by atoms with Crippen molar-refractivity contribution in [2.45, 2.75) is 52.0 Å². The van der Waals surface area contributed by atoms with E-state index in [2.05, 4.69) is 29.1 Å². The van der Waals surface area contributed by atoms with Crippen molar-refractivity contribution in [3.8, 4) is 0 Å². The molecule has 16 heavy (non-hydrogen) atoms. The van der Waals surface area contributed by atoms with Gasteiger partial charge < -0.3 is 5.32 Å². The first-order valence-corrected chi connectivity index (χ1v) is 6.37. The minimum absolute atomic E-state index is 0.470. The molecule has 0 aliphatic heterocycles. The van der Waals surface area contributed by atoms with Crippen LogP contribution in [0.15, 0.2) is 12.5 Å². The van der Waals surface area contributed by atoms with E-state index in [1.54, 1.807) is 6.20 Å². The molecule has 0 amide bonds. The highest BCUT2D eigenvalue weighted by molar-refractivity contribution is 6.32. The number of nitrogens with one attached hydrogen (secondary N) is 1. The maximum absolute atomic E-state index is 6.02. The normalized spacial score (nSPS) is 12.4. The highest BCUT2D eigenvalue weighted by Crippen LogP contribution is 2.20. The molecule has 0 saturated heterocycles. The van der Waals surface area contributed by atoms with Crippen molar-refractivity contribution in [2.24, 2.45) is 0 Å². The van der Waals surface area contributed by atoms with Crippen LogP contribution in [-0.4, -0.2) is 16.0 Å². The van der Waals surface area contributed by atoms with Gasteiger partial charge in [0, 0.05) is 6.04 Å². The molecule has 3 nitrogen and oxygen atoms in total. The fourth-order valence-electron chi connectivity index (χ4n) is 1.70. The summed E-state index contributed by atoms with van der Waals surface area (Å²) < 4.78 is 0. The highest BCUT2D eigenvalue weighted by Gasteiger charge is 2.09. The molecule has 0 spiro atoms. The topological polar surface area (TPSA) is 37.8 Å². The monoisotopic (exact) mass is 241 g/mol. The first kappa shape index (κ1) is 13.2. The third-order valence-corrected chi connectivity index (χ3v) is 2.83. The Balaban J connectivity index is 2.56. The summed E-state index contributed by atoms with van der Waals surface area (Å²) in [5.74, 6) is 0.756. The highest BCUT2D eigenvalue weighted by atomic mass is 35.5. The molecular weight excluding hydrogens is 222 g/mol.